The molecule has 2 N–H and O–H groups in total. The number of benzene rings is 3. The van der Waals surface area contributed by atoms with Crippen LogP contribution >= 0.6 is 0 Å². The minimum atomic E-state index is -0.0453. The molecule has 12 heterocycles. The third-order valence-corrected chi connectivity index (χ3v) is 18.0. The van der Waals surface area contributed by atoms with Gasteiger partial charge in [-0.2, -0.15) is 30.6 Å². The Morgan fingerprint density at radius 3 is 1.27 bits per heavy atom. The van der Waals surface area contributed by atoms with E-state index in [4.69, 9.17) is 0 Å². The van der Waals surface area contributed by atoms with Gasteiger partial charge in [-0.25, -0.2) is 29.9 Å². The number of nitrogens with zero attached hydrogens (tertiary/aromatic N) is 20. The third-order valence-electron chi connectivity index (χ3n) is 18.0. The number of aryl methyl sites for hydroxylation is 3. The number of hydrogen-bond donors (Lipinski definition) is 2. The molecule has 3 fully saturated rings. The van der Waals surface area contributed by atoms with Gasteiger partial charge in [0.05, 0.1) is 55.3 Å². The fourth-order valence-corrected chi connectivity index (χ4v) is 12.5. The Morgan fingerprint density at radius 2 is 0.845 bits per heavy atom. The molecule has 15 rings (SSSR count). The average Bonchev–Trinajstić information content (AvgIpc) is 1.85. The van der Waals surface area contributed by atoms with E-state index >= 15 is 0 Å². The molecular formula is C72H75N21O4. The van der Waals surface area contributed by atoms with Crippen molar-refractivity contribution >= 4 is 17.7 Å². The standard InChI is InChI=1S/C25H27N7O2.C24H25N7O.C23H23N7O/c1-17(34)31-7-6-24(23(14-31)16-33)32-15-22(12-29-32)20-9-26-25(27-10-20)19-5-3-4-18(8-19)21-11-28-30(2)13-21;1-29-8-4-7-22(10-23(29)32)31-16-21(14-28-31)19-11-25-24(26-12-19)18-6-3-5-17(9-18)20-13-27-30(2)15-20;1-29-14-19(12-27-29)16-4-2-5-17(8-16)23-25-10-18(11-26-23)20-13-28-30(15-20)21-6-3-7-24-22(31)9-21/h3-5,8-13,15,23-24,33H,6-7,14,16H2,1-2H3;3,5-6,9,11-16,22H,4,7-8,10H2,1-2H3;2,4-5,8,10-15,21H,3,6-7,9H2,1H3,(H,24,31). The maximum absolute atomic E-state index is 12.2. The Morgan fingerprint density at radius 1 is 0.454 bits per heavy atom. The number of aliphatic hydroxyl groups excluding tert-OH is 1. The summed E-state index contributed by atoms with van der Waals surface area (Å²) in [7, 11) is 7.58. The van der Waals surface area contributed by atoms with Crippen LogP contribution in [0.15, 0.2) is 184 Å². The number of likely N-dealkylation sites (tertiary alicyclic amines) is 2. The quantitative estimate of drug-likeness (QED) is 0.109. The van der Waals surface area contributed by atoms with Crippen LogP contribution in [0.5, 0.6) is 0 Å². The molecule has 12 aromatic rings. The van der Waals surface area contributed by atoms with E-state index < -0.39 is 0 Å². The van der Waals surface area contributed by atoms with Gasteiger partial charge < -0.3 is 20.2 Å². The van der Waals surface area contributed by atoms with E-state index in [1.54, 1.807) is 37.0 Å². The predicted octanol–water partition coefficient (Wildman–Crippen LogP) is 9.65. The van der Waals surface area contributed by atoms with Gasteiger partial charge in [0.2, 0.25) is 17.7 Å². The first-order valence-corrected chi connectivity index (χ1v) is 32.5. The molecular weight excluding hydrogens is 1220 g/mol. The molecule has 0 bridgehead atoms. The molecule has 3 aliphatic rings. The summed E-state index contributed by atoms with van der Waals surface area (Å²) in [5, 5.41) is 39.1. The van der Waals surface area contributed by atoms with Crippen molar-refractivity contribution in [2.75, 3.05) is 39.8 Å². The van der Waals surface area contributed by atoms with E-state index in [1.165, 1.54) is 0 Å². The second-order valence-electron chi connectivity index (χ2n) is 24.9. The summed E-state index contributed by atoms with van der Waals surface area (Å²) in [6, 6.07) is 24.6. The zero-order valence-corrected chi connectivity index (χ0v) is 54.7. The number of carbonyl (C=O) groups is 3. The lowest BCUT2D eigenvalue weighted by molar-refractivity contribution is -0.132. The molecule has 0 aliphatic carbocycles. The highest BCUT2D eigenvalue weighted by atomic mass is 16.3. The van der Waals surface area contributed by atoms with Crippen LogP contribution in [0.1, 0.15) is 70.0 Å². The van der Waals surface area contributed by atoms with Crippen molar-refractivity contribution in [3.8, 4) is 101 Å². The summed E-state index contributed by atoms with van der Waals surface area (Å²) in [4.78, 5) is 66.9. The molecule has 3 aliphatic heterocycles. The van der Waals surface area contributed by atoms with Gasteiger partial charge in [0.15, 0.2) is 17.5 Å². The van der Waals surface area contributed by atoms with E-state index in [0.717, 1.165) is 129 Å². The fraction of sp³-hybridized carbons (Fsp3) is 0.292. The van der Waals surface area contributed by atoms with Crippen LogP contribution in [-0.4, -0.2) is 161 Å². The molecule has 9 aromatic heterocycles. The van der Waals surface area contributed by atoms with Crippen molar-refractivity contribution in [3.05, 3.63) is 184 Å². The van der Waals surface area contributed by atoms with Crippen LogP contribution in [0.4, 0.5) is 0 Å². The summed E-state index contributed by atoms with van der Waals surface area (Å²) in [5.74, 6) is 2.24. The Bertz CT molecular complexity index is 4680. The van der Waals surface area contributed by atoms with E-state index in [2.05, 4.69) is 96.1 Å². The van der Waals surface area contributed by atoms with Gasteiger partial charge >= 0.3 is 0 Å². The van der Waals surface area contributed by atoms with Crippen molar-refractivity contribution in [1.29, 1.82) is 0 Å². The first-order chi connectivity index (χ1) is 47.2. The summed E-state index contributed by atoms with van der Waals surface area (Å²) in [6.07, 6.45) is 39.3. The minimum absolute atomic E-state index is 0.0134. The first kappa shape index (κ1) is 64.2. The molecule has 97 heavy (non-hydrogen) atoms. The molecule has 4 atom stereocenters. The van der Waals surface area contributed by atoms with Crippen molar-refractivity contribution in [1.82, 2.24) is 104 Å². The largest absolute Gasteiger partial charge is 0.396 e. The number of hydrogen-bond acceptors (Lipinski definition) is 16. The van der Waals surface area contributed by atoms with Gasteiger partial charge in [0, 0.05) is 228 Å². The van der Waals surface area contributed by atoms with Gasteiger partial charge in [-0.15, -0.1) is 0 Å². The Hall–Kier alpha value is -11.5. The highest BCUT2D eigenvalue weighted by molar-refractivity contribution is 5.78. The monoisotopic (exact) mass is 1300 g/mol. The minimum Gasteiger partial charge on any atom is -0.396 e. The molecule has 3 saturated heterocycles. The average molecular weight is 1300 g/mol. The van der Waals surface area contributed by atoms with E-state index in [1.807, 2.05) is 190 Å². The smallest absolute Gasteiger partial charge is 0.224 e. The van der Waals surface area contributed by atoms with Gasteiger partial charge in [-0.05, 0) is 67.0 Å². The van der Waals surface area contributed by atoms with Gasteiger partial charge in [-0.1, -0.05) is 54.6 Å². The molecule has 3 aromatic carbocycles. The Balaban J connectivity index is 0.000000131. The maximum atomic E-state index is 12.2. The summed E-state index contributed by atoms with van der Waals surface area (Å²) in [5.41, 5.74) is 14.7. The second kappa shape index (κ2) is 29.0. The second-order valence-corrected chi connectivity index (χ2v) is 24.9. The fourth-order valence-electron chi connectivity index (χ4n) is 12.5. The van der Waals surface area contributed by atoms with Crippen LogP contribution in [0, 0.1) is 5.92 Å². The normalized spacial score (nSPS) is 17.3. The molecule has 0 radical (unpaired) electrons. The lowest BCUT2D eigenvalue weighted by Gasteiger charge is -2.37. The lowest BCUT2D eigenvalue weighted by atomic mass is 9.93. The number of nitrogens with one attached hydrogen (secondary N) is 1. The highest BCUT2D eigenvalue weighted by Crippen LogP contribution is 2.33. The molecule has 492 valence electrons. The van der Waals surface area contributed by atoms with Crippen LogP contribution in [0.2, 0.25) is 0 Å². The van der Waals surface area contributed by atoms with Gasteiger partial charge in [-0.3, -0.25) is 42.5 Å². The van der Waals surface area contributed by atoms with E-state index in [-0.39, 0.29) is 48.4 Å². The van der Waals surface area contributed by atoms with Crippen LogP contribution in [0.3, 0.4) is 0 Å². The predicted molar refractivity (Wildman–Crippen MR) is 366 cm³/mol. The molecule has 3 amide bonds. The molecule has 0 spiro atoms. The Labute approximate surface area is 560 Å². The summed E-state index contributed by atoms with van der Waals surface area (Å²) in [6.45, 7) is 4.34. The number of aliphatic hydroxyl groups is 1. The first-order valence-electron chi connectivity index (χ1n) is 32.5. The number of aromatic nitrogens is 18. The summed E-state index contributed by atoms with van der Waals surface area (Å²) < 4.78 is 11.1. The van der Waals surface area contributed by atoms with Gasteiger partial charge in [0.1, 0.15) is 0 Å². The zero-order valence-electron chi connectivity index (χ0n) is 54.7. The van der Waals surface area contributed by atoms with Crippen molar-refractivity contribution < 1.29 is 19.5 Å². The molecule has 4 unspecified atom stereocenters. The van der Waals surface area contributed by atoms with Crippen LogP contribution in [0.25, 0.3) is 101 Å². The number of carbonyl (C=O) groups excluding carboxylic acids is 3. The molecule has 25 heteroatoms. The SMILES string of the molecule is CC(=O)N1CCC(n2cc(-c3cnc(-c4cccc(-c5cnn(C)c5)c4)nc3)cn2)C(CO)C1.CN1CCCC(n2cc(-c3cnc(-c4cccc(-c5cnn(C)c5)c4)nc3)cn2)CC1=O.Cn1cc(-c2cccc(-c3ncc(-c4cnn(C5CCCNC(=O)C5)c4)cn3)c2)cn1. The van der Waals surface area contributed by atoms with E-state index in [0.29, 0.717) is 43.4 Å². The lowest BCUT2D eigenvalue weighted by Crippen LogP contribution is -2.44. The number of amides is 3. The molecule has 0 saturated carbocycles. The van der Waals surface area contributed by atoms with Crippen molar-refractivity contribution in [3.63, 3.8) is 0 Å². The number of piperidine rings is 1. The van der Waals surface area contributed by atoms with Crippen LogP contribution < -0.4 is 5.32 Å². The van der Waals surface area contributed by atoms with E-state index in [9.17, 15) is 19.5 Å². The maximum Gasteiger partial charge on any atom is 0.224 e. The third kappa shape index (κ3) is 15.2. The zero-order chi connectivity index (χ0) is 66.9. The number of rotatable bonds is 13. The Kier molecular flexibility index (Phi) is 19.2. The highest BCUT2D eigenvalue weighted by Gasteiger charge is 2.32. The van der Waals surface area contributed by atoms with Crippen LogP contribution in [-0.2, 0) is 35.5 Å². The van der Waals surface area contributed by atoms with Crippen molar-refractivity contribution in [2.24, 2.45) is 27.1 Å². The van der Waals surface area contributed by atoms with Crippen molar-refractivity contribution in [2.45, 2.75) is 70.0 Å². The summed E-state index contributed by atoms with van der Waals surface area (Å²) >= 11 is 0. The molecule has 25 nitrogen and oxygen atoms in total. The topological polar surface area (TPSA) is 274 Å². The van der Waals surface area contributed by atoms with Gasteiger partial charge in [0.25, 0.3) is 0 Å².